The predicted molar refractivity (Wildman–Crippen MR) is 252 cm³/mol. The first-order valence-electron chi connectivity index (χ1n) is 23.4. The number of aliphatic carboxylic acids is 1. The van der Waals surface area contributed by atoms with Crippen LogP contribution < -0.4 is 14.8 Å². The van der Waals surface area contributed by atoms with Crippen molar-refractivity contribution in [3.8, 4) is 22.9 Å². The molecule has 12 heteroatoms. The number of halogens is 1. The number of carbonyl (C=O) groups excluding carboxylic acids is 1. The van der Waals surface area contributed by atoms with Gasteiger partial charge in [0.2, 0.25) is 0 Å². The van der Waals surface area contributed by atoms with Gasteiger partial charge in [-0.1, -0.05) is 49.7 Å². The number of aryl methyl sites for hydroxylation is 1. The van der Waals surface area contributed by atoms with Crippen molar-refractivity contribution in [3.05, 3.63) is 130 Å². The van der Waals surface area contributed by atoms with Crippen LogP contribution in [-0.2, 0) is 29.6 Å². The second-order valence-electron chi connectivity index (χ2n) is 19.9. The normalized spacial score (nSPS) is 24.6. The van der Waals surface area contributed by atoms with Crippen LogP contribution in [0.3, 0.4) is 0 Å². The molecule has 4 heterocycles. The van der Waals surface area contributed by atoms with Crippen molar-refractivity contribution in [2.45, 2.75) is 95.1 Å². The zero-order valence-corrected chi connectivity index (χ0v) is 38.4. The molecular weight excluding hydrogens is 836 g/mol. The maximum absolute atomic E-state index is 14.3. The molecule has 2 aliphatic heterocycles. The second kappa shape index (κ2) is 17.4. The summed E-state index contributed by atoms with van der Waals surface area (Å²) < 4.78 is 12.2. The first-order valence-corrected chi connectivity index (χ1v) is 23.8. The molecule has 5 aliphatic rings. The number of carboxylic acid groups (broad SMARTS) is 1. The van der Waals surface area contributed by atoms with Crippen molar-refractivity contribution < 1.29 is 24.2 Å². The second-order valence-corrected chi connectivity index (χ2v) is 20.4. The summed E-state index contributed by atoms with van der Waals surface area (Å²) in [5.74, 6) is 2.55. The number of nitrogens with zero attached hydrogens (tertiary/aromatic N) is 5. The van der Waals surface area contributed by atoms with Crippen LogP contribution in [0.4, 0.5) is 5.69 Å². The fraction of sp³-hybridized carbons (Fsp3) is 0.453. The highest BCUT2D eigenvalue weighted by molar-refractivity contribution is 6.30. The third kappa shape index (κ3) is 8.24. The predicted octanol–water partition coefficient (Wildman–Crippen LogP) is 9.62. The van der Waals surface area contributed by atoms with Crippen LogP contribution >= 0.6 is 11.6 Å². The van der Waals surface area contributed by atoms with Crippen molar-refractivity contribution >= 4 is 29.2 Å². The number of benzene rings is 3. The Bertz CT molecular complexity index is 2600. The zero-order chi connectivity index (χ0) is 44.9. The minimum absolute atomic E-state index is 0.0720. The zero-order valence-electron chi connectivity index (χ0n) is 37.7. The number of ether oxygens (including phenoxy) is 2. The highest BCUT2D eigenvalue weighted by atomic mass is 35.5. The maximum atomic E-state index is 14.3. The monoisotopic (exact) mass is 894 g/mol. The molecule has 11 nitrogen and oxygen atoms in total. The van der Waals surface area contributed by atoms with Gasteiger partial charge in [-0.15, -0.1) is 0 Å². The number of methoxy groups -OCH3 is 1. The summed E-state index contributed by atoms with van der Waals surface area (Å²) in [7, 11) is 1.66. The van der Waals surface area contributed by atoms with E-state index in [4.69, 9.17) is 31.0 Å². The molecule has 0 bridgehead atoms. The molecule has 3 fully saturated rings. The lowest BCUT2D eigenvalue weighted by Gasteiger charge is -2.60. The lowest BCUT2D eigenvalue weighted by molar-refractivity contribution is -0.144. The number of para-hydroxylation sites is 1. The Kier molecular flexibility index (Phi) is 11.6. The highest BCUT2D eigenvalue weighted by Crippen LogP contribution is 2.56. The Morgan fingerprint density at radius 3 is 2.52 bits per heavy atom. The smallest absolute Gasteiger partial charge is 0.329 e. The van der Waals surface area contributed by atoms with Gasteiger partial charge >= 0.3 is 5.97 Å². The van der Waals surface area contributed by atoms with Crippen molar-refractivity contribution in [2.24, 2.45) is 17.3 Å². The van der Waals surface area contributed by atoms with Crippen LogP contribution in [0.15, 0.2) is 91.3 Å². The van der Waals surface area contributed by atoms with Crippen LogP contribution in [0.1, 0.15) is 103 Å². The number of rotatable bonds is 13. The summed E-state index contributed by atoms with van der Waals surface area (Å²) in [5.41, 5.74) is 6.89. The van der Waals surface area contributed by atoms with E-state index < -0.39 is 11.5 Å². The first kappa shape index (κ1) is 43.4. The molecule has 2 saturated heterocycles. The minimum atomic E-state index is -1.13. The molecule has 5 aromatic rings. The van der Waals surface area contributed by atoms with Gasteiger partial charge in [-0.3, -0.25) is 14.7 Å². The van der Waals surface area contributed by atoms with Crippen LogP contribution in [0.5, 0.6) is 11.5 Å². The molecule has 3 aromatic carbocycles. The molecule has 2 N–H and O–H groups in total. The molecular formula is C53H59ClN6O5. The lowest BCUT2D eigenvalue weighted by Crippen LogP contribution is -2.72. The lowest BCUT2D eigenvalue weighted by atomic mass is 9.59. The Morgan fingerprint density at radius 2 is 1.74 bits per heavy atom. The molecule has 338 valence electrons. The number of hydrogen-bond acceptors (Lipinski definition) is 9. The van der Waals surface area contributed by atoms with Gasteiger partial charge in [0, 0.05) is 78.1 Å². The summed E-state index contributed by atoms with van der Waals surface area (Å²) in [6.07, 6.45) is 11.1. The van der Waals surface area contributed by atoms with Gasteiger partial charge in [-0.05, 0) is 147 Å². The van der Waals surface area contributed by atoms with Crippen molar-refractivity contribution in [2.75, 3.05) is 45.2 Å². The third-order valence-corrected chi connectivity index (χ3v) is 15.7. The van der Waals surface area contributed by atoms with E-state index in [1.165, 1.54) is 22.4 Å². The van der Waals surface area contributed by atoms with Gasteiger partial charge in [0.1, 0.15) is 17.0 Å². The number of nitrogens with one attached hydrogen (secondary N) is 1. The van der Waals surface area contributed by atoms with Gasteiger partial charge in [0.05, 0.1) is 25.0 Å². The number of amides is 1. The number of carboxylic acids is 1. The quantitative estimate of drug-likeness (QED) is 0.118. The number of hydrogen-bond donors (Lipinski definition) is 2. The SMILES string of the molecule is COc1ccccc1-c1nccc(CN2CC3(C2)CN(C(=O)c2ccc4c(c2)C2(CCC(Nc5cccc(Cl)c5)(C(=O)O)CC2)[C@@H](C[C@@H](C)COc2ccnc5c2[C@H](C)CCC5)C4)C3)n1. The molecule has 2 spiro atoms. The van der Waals surface area contributed by atoms with E-state index in [-0.39, 0.29) is 28.6 Å². The average Bonchev–Trinajstić information content (AvgIpc) is 3.57. The molecule has 10 rings (SSSR count). The summed E-state index contributed by atoms with van der Waals surface area (Å²) in [5, 5.41) is 14.8. The van der Waals surface area contributed by atoms with E-state index in [1.807, 2.05) is 71.9 Å². The molecule has 2 aromatic heterocycles. The molecule has 1 amide bonds. The van der Waals surface area contributed by atoms with Gasteiger partial charge in [-0.2, -0.15) is 0 Å². The Balaban J connectivity index is 0.836. The average molecular weight is 896 g/mol. The largest absolute Gasteiger partial charge is 0.496 e. The molecule has 0 radical (unpaired) electrons. The molecule has 65 heavy (non-hydrogen) atoms. The summed E-state index contributed by atoms with van der Waals surface area (Å²) in [6.45, 7) is 9.18. The van der Waals surface area contributed by atoms with Crippen LogP contribution in [0.25, 0.3) is 11.4 Å². The number of fused-ring (bicyclic) bond motifs is 3. The van der Waals surface area contributed by atoms with E-state index in [9.17, 15) is 14.7 Å². The molecule has 3 atom stereocenters. The molecule has 3 aliphatic carbocycles. The van der Waals surface area contributed by atoms with E-state index in [0.29, 0.717) is 54.7 Å². The van der Waals surface area contributed by atoms with E-state index in [0.717, 1.165) is 93.1 Å². The molecule has 1 saturated carbocycles. The minimum Gasteiger partial charge on any atom is -0.496 e. The summed E-state index contributed by atoms with van der Waals surface area (Å²) in [6, 6.07) is 25.5. The van der Waals surface area contributed by atoms with Gasteiger partial charge in [-0.25, -0.2) is 14.8 Å². The van der Waals surface area contributed by atoms with Crippen LogP contribution in [0, 0.1) is 17.3 Å². The number of aromatic nitrogens is 3. The number of anilines is 1. The van der Waals surface area contributed by atoms with Crippen LogP contribution in [-0.4, -0.2) is 87.2 Å². The third-order valence-electron chi connectivity index (χ3n) is 15.4. The standard InChI is InChI=1S/C53H59ClN6O5/c1-34(29-65-46-17-23-55-44-12-6-8-35(2)47(44)46)24-38-25-36-14-15-37(26-43(36)52(38)18-20-53(21-19-52,50(62)63)58-40-10-7-9-39(54)27-40)49(61)60-32-51(33-60)30-59(31-51)28-41-16-22-56-48(57-41)42-11-4-5-13-45(42)64-3/h4-5,7,9-11,13-17,22-23,26-27,34-35,38,58H,6,8,12,18-21,24-25,28-33H2,1-3H3,(H,62,63)/t34-,35-,38+,52?,53?/m1/s1. The topological polar surface area (TPSA) is 130 Å². The van der Waals surface area contributed by atoms with Gasteiger partial charge in [0.25, 0.3) is 5.91 Å². The molecule has 0 unspecified atom stereocenters. The fourth-order valence-electron chi connectivity index (χ4n) is 12.2. The highest BCUT2D eigenvalue weighted by Gasteiger charge is 2.56. The van der Waals surface area contributed by atoms with Crippen molar-refractivity contribution in [1.82, 2.24) is 24.8 Å². The van der Waals surface area contributed by atoms with E-state index >= 15 is 0 Å². The van der Waals surface area contributed by atoms with E-state index in [2.05, 4.69) is 41.2 Å². The van der Waals surface area contributed by atoms with Crippen LogP contribution in [0.2, 0.25) is 5.02 Å². The Morgan fingerprint density at radius 1 is 0.938 bits per heavy atom. The maximum Gasteiger partial charge on any atom is 0.329 e. The Labute approximate surface area is 386 Å². The number of likely N-dealkylation sites (tertiary alicyclic amines) is 2. The first-order chi connectivity index (χ1) is 31.4. The van der Waals surface area contributed by atoms with Crippen molar-refractivity contribution in [3.63, 3.8) is 0 Å². The summed E-state index contributed by atoms with van der Waals surface area (Å²) >= 11 is 6.35. The van der Waals surface area contributed by atoms with Gasteiger partial charge in [0.15, 0.2) is 5.82 Å². The summed E-state index contributed by atoms with van der Waals surface area (Å²) in [4.78, 5) is 46.0. The van der Waals surface area contributed by atoms with E-state index in [1.54, 1.807) is 19.2 Å². The number of carbonyl (C=O) groups is 2. The fourth-order valence-corrected chi connectivity index (χ4v) is 12.4. The Hall–Kier alpha value is -5.52. The van der Waals surface area contributed by atoms with Crippen molar-refractivity contribution in [1.29, 1.82) is 0 Å². The number of pyridine rings is 1. The van der Waals surface area contributed by atoms with Gasteiger partial charge < -0.3 is 24.8 Å².